The Balaban J connectivity index is 1.85. The van der Waals surface area contributed by atoms with E-state index in [9.17, 15) is 5.11 Å². The Bertz CT molecular complexity index is 835. The molecule has 1 aromatic heterocycles. The van der Waals surface area contributed by atoms with Crippen molar-refractivity contribution in [2.24, 2.45) is 0 Å². The minimum Gasteiger partial charge on any atom is -0.389 e. The normalized spacial score (nSPS) is 16.2. The molecule has 1 saturated heterocycles. The topological polar surface area (TPSA) is 62.4 Å². The second kappa shape index (κ2) is 5.66. The number of benzene rings is 2. The molecule has 5 nitrogen and oxygen atoms in total. The lowest BCUT2D eigenvalue weighted by atomic mass is 10.00. The molecular weight excluding hydrogens is 290 g/mol. The van der Waals surface area contributed by atoms with E-state index in [1.54, 1.807) is 6.92 Å². The predicted octanol–water partition coefficient (Wildman–Crippen LogP) is 3.54. The summed E-state index contributed by atoms with van der Waals surface area (Å²) in [6, 6.07) is 12.1. The zero-order chi connectivity index (χ0) is 15.8. The molecule has 1 N–H and O–H groups in total. The van der Waals surface area contributed by atoms with Gasteiger partial charge in [-0.05, 0) is 65.0 Å². The van der Waals surface area contributed by atoms with Gasteiger partial charge < -0.3 is 10.0 Å². The molecule has 2 aromatic carbocycles. The molecule has 3 aromatic rings. The van der Waals surface area contributed by atoms with Crippen LogP contribution in [-0.2, 0) is 0 Å². The second-order valence-electron chi connectivity index (χ2n) is 6.12. The van der Waals surface area contributed by atoms with E-state index < -0.39 is 6.10 Å². The monoisotopic (exact) mass is 309 g/mol. The van der Waals surface area contributed by atoms with Crippen molar-refractivity contribution in [3.8, 4) is 11.1 Å². The highest BCUT2D eigenvalue weighted by molar-refractivity contribution is 5.92. The maximum atomic E-state index is 9.82. The Morgan fingerprint density at radius 2 is 1.91 bits per heavy atom. The molecule has 118 valence electrons. The Morgan fingerprint density at radius 1 is 1.09 bits per heavy atom. The first-order valence-electron chi connectivity index (χ1n) is 8.02. The fourth-order valence-electron chi connectivity index (χ4n) is 3.22. The van der Waals surface area contributed by atoms with Crippen LogP contribution in [0.1, 0.15) is 31.4 Å². The maximum Gasteiger partial charge on any atom is 0.158 e. The van der Waals surface area contributed by atoms with Gasteiger partial charge in [-0.25, -0.2) is 4.63 Å². The number of fused-ring (bicyclic) bond motifs is 1. The molecule has 1 atom stereocenters. The number of aliphatic hydroxyl groups excluding tert-OH is 1. The number of anilines is 1. The van der Waals surface area contributed by atoms with E-state index in [0.717, 1.165) is 46.5 Å². The average Bonchev–Trinajstić information content (AvgIpc) is 3.25. The van der Waals surface area contributed by atoms with Crippen LogP contribution in [0.15, 0.2) is 41.0 Å². The van der Waals surface area contributed by atoms with Crippen LogP contribution in [0.2, 0.25) is 0 Å². The van der Waals surface area contributed by atoms with Crippen molar-refractivity contribution in [3.05, 3.63) is 42.0 Å². The number of rotatable bonds is 3. The lowest BCUT2D eigenvalue weighted by Gasteiger charge is -2.18. The third-order valence-corrected chi connectivity index (χ3v) is 4.49. The van der Waals surface area contributed by atoms with Crippen molar-refractivity contribution >= 4 is 16.7 Å². The van der Waals surface area contributed by atoms with Gasteiger partial charge in [-0.15, -0.1) is 0 Å². The Kier molecular flexibility index (Phi) is 3.50. The molecule has 0 saturated carbocycles. The predicted molar refractivity (Wildman–Crippen MR) is 89.3 cm³/mol. The Labute approximate surface area is 134 Å². The lowest BCUT2D eigenvalue weighted by molar-refractivity contribution is 0.199. The molecular formula is C18H19N3O2. The highest BCUT2D eigenvalue weighted by atomic mass is 16.6. The van der Waals surface area contributed by atoms with Crippen molar-refractivity contribution in [2.45, 2.75) is 25.9 Å². The van der Waals surface area contributed by atoms with Crippen LogP contribution in [0.5, 0.6) is 0 Å². The van der Waals surface area contributed by atoms with E-state index in [2.05, 4.69) is 21.3 Å². The van der Waals surface area contributed by atoms with Gasteiger partial charge in [-0.1, -0.05) is 18.2 Å². The number of aliphatic hydroxyl groups is 1. The van der Waals surface area contributed by atoms with E-state index in [1.807, 2.05) is 30.3 Å². The molecule has 0 spiro atoms. The third-order valence-electron chi connectivity index (χ3n) is 4.49. The summed E-state index contributed by atoms with van der Waals surface area (Å²) in [4.78, 5) is 2.34. The SMILES string of the molecule is CC(O)c1cccc(-c2cc(N3CCCC3)c3nonc3c2)c1. The summed E-state index contributed by atoms with van der Waals surface area (Å²) < 4.78 is 4.95. The largest absolute Gasteiger partial charge is 0.389 e. The van der Waals surface area contributed by atoms with Gasteiger partial charge in [0.05, 0.1) is 11.8 Å². The fraction of sp³-hybridized carbons (Fsp3) is 0.333. The number of nitrogens with zero attached hydrogens (tertiary/aromatic N) is 3. The summed E-state index contributed by atoms with van der Waals surface area (Å²) in [7, 11) is 0. The quantitative estimate of drug-likeness (QED) is 0.801. The van der Waals surface area contributed by atoms with E-state index in [4.69, 9.17) is 4.63 Å². The third kappa shape index (κ3) is 2.57. The highest BCUT2D eigenvalue weighted by Gasteiger charge is 2.19. The molecule has 5 heteroatoms. The van der Waals surface area contributed by atoms with Crippen LogP contribution in [-0.4, -0.2) is 28.5 Å². The standard InChI is InChI=1S/C18H19N3O2/c1-12(22)13-5-4-6-14(9-13)15-10-16-18(20-23-19-16)17(11-15)21-7-2-3-8-21/h4-6,9-12,22H,2-3,7-8H2,1H3. The van der Waals surface area contributed by atoms with Gasteiger partial charge in [0, 0.05) is 13.1 Å². The van der Waals surface area contributed by atoms with Gasteiger partial charge in [-0.2, -0.15) is 0 Å². The van der Waals surface area contributed by atoms with Crippen molar-refractivity contribution < 1.29 is 9.74 Å². The molecule has 23 heavy (non-hydrogen) atoms. The van der Waals surface area contributed by atoms with Crippen molar-refractivity contribution in [2.75, 3.05) is 18.0 Å². The van der Waals surface area contributed by atoms with Gasteiger partial charge in [0.1, 0.15) is 5.52 Å². The van der Waals surface area contributed by atoms with Crippen LogP contribution in [0.4, 0.5) is 5.69 Å². The van der Waals surface area contributed by atoms with Gasteiger partial charge in [-0.3, -0.25) is 0 Å². The molecule has 1 aliphatic heterocycles. The first-order chi connectivity index (χ1) is 11.2. The van der Waals surface area contributed by atoms with E-state index >= 15 is 0 Å². The first kappa shape index (κ1) is 14.2. The highest BCUT2D eigenvalue weighted by Crippen LogP contribution is 2.34. The maximum absolute atomic E-state index is 9.82. The Hall–Kier alpha value is -2.40. The van der Waals surface area contributed by atoms with Crippen molar-refractivity contribution in [1.82, 2.24) is 10.3 Å². The van der Waals surface area contributed by atoms with Crippen LogP contribution < -0.4 is 4.90 Å². The Morgan fingerprint density at radius 3 is 2.70 bits per heavy atom. The minimum atomic E-state index is -0.481. The summed E-state index contributed by atoms with van der Waals surface area (Å²) in [5.41, 5.74) is 5.71. The summed E-state index contributed by atoms with van der Waals surface area (Å²) in [6.07, 6.45) is 1.92. The summed E-state index contributed by atoms with van der Waals surface area (Å²) in [6.45, 7) is 3.86. The second-order valence-corrected chi connectivity index (χ2v) is 6.12. The van der Waals surface area contributed by atoms with Crippen molar-refractivity contribution in [1.29, 1.82) is 0 Å². The zero-order valence-electron chi connectivity index (χ0n) is 13.1. The number of aromatic nitrogens is 2. The molecule has 0 amide bonds. The summed E-state index contributed by atoms with van der Waals surface area (Å²) >= 11 is 0. The van der Waals surface area contributed by atoms with Crippen LogP contribution in [0.3, 0.4) is 0 Å². The minimum absolute atomic E-state index is 0.481. The van der Waals surface area contributed by atoms with E-state index in [1.165, 1.54) is 12.8 Å². The molecule has 1 unspecified atom stereocenters. The van der Waals surface area contributed by atoms with E-state index in [-0.39, 0.29) is 0 Å². The van der Waals surface area contributed by atoms with Crippen LogP contribution >= 0.6 is 0 Å². The molecule has 1 fully saturated rings. The number of hydrogen-bond acceptors (Lipinski definition) is 5. The molecule has 0 radical (unpaired) electrons. The molecule has 0 aliphatic carbocycles. The molecule has 4 rings (SSSR count). The van der Waals surface area contributed by atoms with Crippen LogP contribution in [0, 0.1) is 0 Å². The molecule has 1 aliphatic rings. The van der Waals surface area contributed by atoms with Gasteiger partial charge in [0.2, 0.25) is 0 Å². The smallest absolute Gasteiger partial charge is 0.158 e. The van der Waals surface area contributed by atoms with E-state index in [0.29, 0.717) is 0 Å². The summed E-state index contributed by atoms with van der Waals surface area (Å²) in [5.74, 6) is 0. The first-order valence-corrected chi connectivity index (χ1v) is 8.02. The molecule has 0 bridgehead atoms. The van der Waals surface area contributed by atoms with Gasteiger partial charge in [0.25, 0.3) is 0 Å². The summed E-state index contributed by atoms with van der Waals surface area (Å²) in [5, 5.41) is 17.9. The zero-order valence-corrected chi connectivity index (χ0v) is 13.1. The average molecular weight is 309 g/mol. The molecule has 2 heterocycles. The van der Waals surface area contributed by atoms with Crippen molar-refractivity contribution in [3.63, 3.8) is 0 Å². The fourth-order valence-corrected chi connectivity index (χ4v) is 3.22. The van der Waals surface area contributed by atoms with Gasteiger partial charge in [0.15, 0.2) is 5.52 Å². The lowest BCUT2D eigenvalue weighted by Crippen LogP contribution is -2.18. The van der Waals surface area contributed by atoms with Crippen LogP contribution in [0.25, 0.3) is 22.2 Å². The van der Waals surface area contributed by atoms with Gasteiger partial charge >= 0.3 is 0 Å². The number of hydrogen-bond donors (Lipinski definition) is 1.